The smallest absolute Gasteiger partial charge is 0.336 e. The van der Waals surface area contributed by atoms with Gasteiger partial charge in [-0.3, -0.25) is 0 Å². The fraction of sp³-hybridized carbons (Fsp3) is 0.600. The Labute approximate surface area is 122 Å². The van der Waals surface area contributed by atoms with Crippen molar-refractivity contribution in [1.29, 1.82) is 0 Å². The summed E-state index contributed by atoms with van der Waals surface area (Å²) >= 11 is 0. The van der Waals surface area contributed by atoms with E-state index in [2.05, 4.69) is 0 Å². The third-order valence-corrected chi connectivity index (χ3v) is 4.89. The first-order chi connectivity index (χ1) is 10.1. The molecule has 0 saturated heterocycles. The molecule has 1 aromatic rings. The summed E-state index contributed by atoms with van der Waals surface area (Å²) in [6.07, 6.45) is -1.42. The van der Waals surface area contributed by atoms with Gasteiger partial charge < -0.3 is 4.74 Å². The fourth-order valence-electron chi connectivity index (χ4n) is 3.75. The molecule has 0 aromatic heterocycles. The van der Waals surface area contributed by atoms with E-state index < -0.39 is 48.2 Å². The van der Waals surface area contributed by atoms with Crippen LogP contribution in [0.1, 0.15) is 41.9 Å². The van der Waals surface area contributed by atoms with Crippen LogP contribution in [0.5, 0.6) is 5.75 Å². The largest absolute Gasteiger partial charge is 0.490 e. The summed E-state index contributed by atoms with van der Waals surface area (Å²) in [4.78, 5) is 0. The number of alkyl halides is 6. The molecule has 0 bridgehead atoms. The molecule has 3 aliphatic rings. The molecule has 0 N–H and O–H groups in total. The zero-order chi connectivity index (χ0) is 15.9. The predicted octanol–water partition coefficient (Wildman–Crippen LogP) is 4.63. The summed E-state index contributed by atoms with van der Waals surface area (Å²) < 4.78 is 86.6. The number of hydrogen-bond donors (Lipinski definition) is 0. The molecule has 0 amide bonds. The number of ether oxygens (including phenoxy) is 1. The van der Waals surface area contributed by atoms with Crippen molar-refractivity contribution >= 4 is 0 Å². The molecule has 0 heterocycles. The first-order valence-corrected chi connectivity index (χ1v) is 7.10. The highest BCUT2D eigenvalue weighted by Gasteiger charge is 2.70. The molecule has 1 atom stereocenters. The van der Waals surface area contributed by atoms with E-state index in [9.17, 15) is 26.3 Å². The molecular formula is C15H12F6O. The molecular weight excluding hydrogens is 310 g/mol. The van der Waals surface area contributed by atoms with Crippen LogP contribution in [0.2, 0.25) is 0 Å². The summed E-state index contributed by atoms with van der Waals surface area (Å²) in [5.74, 6) is -12.4. The van der Waals surface area contributed by atoms with Crippen LogP contribution < -0.4 is 4.74 Å². The second-order valence-electron chi connectivity index (χ2n) is 6.30. The Kier molecular flexibility index (Phi) is 2.53. The Bertz CT molecular complexity index is 646. The fourth-order valence-corrected chi connectivity index (χ4v) is 3.75. The number of halogens is 6. The van der Waals surface area contributed by atoms with E-state index in [-0.39, 0.29) is 24.2 Å². The van der Waals surface area contributed by atoms with Crippen LogP contribution >= 0.6 is 0 Å². The highest BCUT2D eigenvalue weighted by molar-refractivity contribution is 5.56. The lowest BCUT2D eigenvalue weighted by Crippen LogP contribution is -2.43. The Morgan fingerprint density at radius 1 is 1.00 bits per heavy atom. The van der Waals surface area contributed by atoms with Gasteiger partial charge in [-0.2, -0.15) is 17.6 Å². The van der Waals surface area contributed by atoms with E-state index in [4.69, 9.17) is 4.74 Å². The third-order valence-electron chi connectivity index (χ3n) is 4.89. The van der Waals surface area contributed by atoms with Gasteiger partial charge in [0.05, 0.1) is 5.92 Å². The van der Waals surface area contributed by atoms with E-state index in [1.54, 1.807) is 0 Å². The number of rotatable bonds is 2. The molecule has 0 spiro atoms. The molecule has 1 aromatic carbocycles. The van der Waals surface area contributed by atoms with E-state index in [0.29, 0.717) is 5.56 Å². The maximum absolute atomic E-state index is 13.9. The lowest BCUT2D eigenvalue weighted by Gasteiger charge is -2.35. The van der Waals surface area contributed by atoms with E-state index in [1.165, 1.54) is 6.07 Å². The van der Waals surface area contributed by atoms with E-state index in [1.807, 2.05) is 0 Å². The second-order valence-corrected chi connectivity index (χ2v) is 6.30. The van der Waals surface area contributed by atoms with Gasteiger partial charge in [-0.1, -0.05) is 0 Å². The molecule has 0 aliphatic heterocycles. The van der Waals surface area contributed by atoms with Gasteiger partial charge in [0.25, 0.3) is 5.92 Å². The van der Waals surface area contributed by atoms with Crippen molar-refractivity contribution in [2.75, 3.05) is 0 Å². The van der Waals surface area contributed by atoms with Crippen molar-refractivity contribution < 1.29 is 31.1 Å². The summed E-state index contributed by atoms with van der Waals surface area (Å²) in [5, 5.41) is 0. The standard InChI is InChI=1S/C15H12F6O/c16-13(17)5-7(6-13)22-11-4-3-10-12-8(11)1-2-9(12)14(18,19)15(10,20)21/h3-4,7,9H,1-2,5-6H2. The average molecular weight is 322 g/mol. The maximum Gasteiger partial charge on any atom is 0.336 e. The topological polar surface area (TPSA) is 9.23 Å². The summed E-state index contributed by atoms with van der Waals surface area (Å²) in [6, 6.07) is 2.16. The molecule has 1 fully saturated rings. The van der Waals surface area contributed by atoms with Crippen LogP contribution in [-0.2, 0) is 12.3 Å². The normalized spacial score (nSPS) is 30.0. The molecule has 3 aliphatic carbocycles. The minimum atomic E-state index is -4.19. The quantitative estimate of drug-likeness (QED) is 0.721. The summed E-state index contributed by atoms with van der Waals surface area (Å²) in [5.41, 5.74) is -0.366. The molecule has 7 heteroatoms. The Morgan fingerprint density at radius 3 is 2.32 bits per heavy atom. The molecule has 4 rings (SSSR count). The Hall–Kier alpha value is -1.40. The van der Waals surface area contributed by atoms with Gasteiger partial charge in [0.1, 0.15) is 11.9 Å². The molecule has 0 radical (unpaired) electrons. The van der Waals surface area contributed by atoms with E-state index >= 15 is 0 Å². The zero-order valence-electron chi connectivity index (χ0n) is 11.3. The molecule has 1 unspecified atom stereocenters. The highest BCUT2D eigenvalue weighted by atomic mass is 19.3. The Morgan fingerprint density at radius 2 is 1.68 bits per heavy atom. The van der Waals surface area contributed by atoms with Crippen LogP contribution in [0.4, 0.5) is 26.3 Å². The van der Waals surface area contributed by atoms with Crippen LogP contribution in [0.3, 0.4) is 0 Å². The van der Waals surface area contributed by atoms with Crippen molar-refractivity contribution in [3.63, 3.8) is 0 Å². The number of hydrogen-bond acceptors (Lipinski definition) is 1. The first kappa shape index (κ1) is 14.2. The second kappa shape index (κ2) is 3.92. The highest BCUT2D eigenvalue weighted by Crippen LogP contribution is 2.64. The first-order valence-electron chi connectivity index (χ1n) is 7.10. The average Bonchev–Trinajstić information content (AvgIpc) is 2.86. The molecule has 1 saturated carbocycles. The van der Waals surface area contributed by atoms with Crippen molar-refractivity contribution in [1.82, 2.24) is 0 Å². The van der Waals surface area contributed by atoms with Crippen LogP contribution in [-0.4, -0.2) is 17.9 Å². The van der Waals surface area contributed by atoms with Crippen LogP contribution in [0.15, 0.2) is 12.1 Å². The SMILES string of the molecule is FC1(F)CC(Oc2ccc3c4c2CCC4C(F)(F)C3(F)F)C1. The van der Waals surface area contributed by atoms with Crippen molar-refractivity contribution in [3.05, 3.63) is 28.8 Å². The van der Waals surface area contributed by atoms with Gasteiger partial charge in [-0.05, 0) is 36.1 Å². The van der Waals surface area contributed by atoms with Gasteiger partial charge in [0, 0.05) is 18.4 Å². The minimum Gasteiger partial charge on any atom is -0.490 e. The van der Waals surface area contributed by atoms with Crippen molar-refractivity contribution in [3.8, 4) is 5.75 Å². The van der Waals surface area contributed by atoms with E-state index in [0.717, 1.165) is 6.07 Å². The predicted molar refractivity (Wildman–Crippen MR) is 64.9 cm³/mol. The van der Waals surface area contributed by atoms with Gasteiger partial charge in [0.2, 0.25) is 0 Å². The maximum atomic E-state index is 13.9. The van der Waals surface area contributed by atoms with Gasteiger partial charge in [-0.15, -0.1) is 0 Å². The lowest BCUT2D eigenvalue weighted by atomic mass is 9.90. The van der Waals surface area contributed by atoms with Gasteiger partial charge in [-0.25, -0.2) is 8.78 Å². The molecule has 1 nitrogen and oxygen atoms in total. The lowest BCUT2D eigenvalue weighted by molar-refractivity contribution is -0.215. The molecule has 22 heavy (non-hydrogen) atoms. The van der Waals surface area contributed by atoms with Crippen molar-refractivity contribution in [2.45, 2.75) is 55.5 Å². The zero-order valence-corrected chi connectivity index (χ0v) is 11.3. The summed E-state index contributed by atoms with van der Waals surface area (Å²) in [7, 11) is 0. The van der Waals surface area contributed by atoms with Gasteiger partial charge in [0.15, 0.2) is 0 Å². The third kappa shape index (κ3) is 1.62. The van der Waals surface area contributed by atoms with Crippen molar-refractivity contribution in [2.24, 2.45) is 0 Å². The Balaban J connectivity index is 1.70. The summed E-state index contributed by atoms with van der Waals surface area (Å²) in [6.45, 7) is 0. The van der Waals surface area contributed by atoms with Crippen LogP contribution in [0, 0.1) is 0 Å². The molecule has 120 valence electrons. The monoisotopic (exact) mass is 322 g/mol. The van der Waals surface area contributed by atoms with Gasteiger partial charge >= 0.3 is 11.8 Å². The van der Waals surface area contributed by atoms with Crippen LogP contribution in [0.25, 0.3) is 0 Å². The minimum absolute atomic E-state index is 0.0430. The number of benzene rings is 1.